The normalized spacial score (nSPS) is 19.8. The van der Waals surface area contributed by atoms with Crippen LogP contribution in [0.3, 0.4) is 0 Å². The summed E-state index contributed by atoms with van der Waals surface area (Å²) < 4.78 is 16.4. The van der Waals surface area contributed by atoms with Gasteiger partial charge in [-0.25, -0.2) is 5.43 Å². The molecule has 0 bridgehead atoms. The van der Waals surface area contributed by atoms with Gasteiger partial charge in [0.2, 0.25) is 6.79 Å². The predicted octanol–water partition coefficient (Wildman–Crippen LogP) is 3.74. The zero-order valence-corrected chi connectivity index (χ0v) is 19.2. The van der Waals surface area contributed by atoms with Gasteiger partial charge in [-0.1, -0.05) is 0 Å². The predicted molar refractivity (Wildman–Crippen MR) is 124 cm³/mol. The maximum atomic E-state index is 12.6. The van der Waals surface area contributed by atoms with Crippen LogP contribution in [0.15, 0.2) is 47.6 Å². The molecule has 2 aromatic carbocycles. The van der Waals surface area contributed by atoms with E-state index in [0.29, 0.717) is 28.5 Å². The van der Waals surface area contributed by atoms with Gasteiger partial charge in [0.05, 0.1) is 5.71 Å². The van der Waals surface area contributed by atoms with Crippen molar-refractivity contribution in [2.75, 3.05) is 13.4 Å². The molecule has 0 aliphatic carbocycles. The van der Waals surface area contributed by atoms with Crippen LogP contribution in [0.25, 0.3) is 0 Å². The van der Waals surface area contributed by atoms with Crippen LogP contribution in [0.5, 0.6) is 17.2 Å². The number of carbonyl (C=O) groups is 2. The number of ether oxygens (including phenoxy) is 3. The molecule has 2 aliphatic heterocycles. The maximum Gasteiger partial charge on any atom is 0.271 e. The number of carbonyl (C=O) groups excluding carboxylic acids is 2. The second kappa shape index (κ2) is 9.94. The lowest BCUT2D eigenvalue weighted by atomic mass is 9.97. The third kappa shape index (κ3) is 5.27. The average Bonchev–Trinajstić information content (AvgIpc) is 3.29. The van der Waals surface area contributed by atoms with Crippen LogP contribution in [-0.4, -0.2) is 47.9 Å². The van der Waals surface area contributed by atoms with Crippen LogP contribution in [0, 0.1) is 0 Å². The highest BCUT2D eigenvalue weighted by atomic mass is 16.7. The number of hydrogen-bond donors (Lipinski definition) is 1. The number of fused-ring (bicyclic) bond motifs is 1. The molecule has 174 valence electrons. The van der Waals surface area contributed by atoms with E-state index in [1.54, 1.807) is 31.2 Å². The van der Waals surface area contributed by atoms with E-state index in [1.807, 2.05) is 23.1 Å². The first-order valence-electron chi connectivity index (χ1n) is 11.2. The Labute approximate surface area is 193 Å². The maximum absolute atomic E-state index is 12.6. The number of rotatable bonds is 6. The third-order valence-corrected chi connectivity index (χ3v) is 6.08. The van der Waals surface area contributed by atoms with Gasteiger partial charge in [0.1, 0.15) is 5.75 Å². The number of nitrogens with zero attached hydrogens (tertiary/aromatic N) is 2. The Morgan fingerprint density at radius 1 is 1.03 bits per heavy atom. The second-order valence-electron chi connectivity index (χ2n) is 8.45. The van der Waals surface area contributed by atoms with Crippen molar-refractivity contribution < 1.29 is 23.8 Å². The zero-order valence-electron chi connectivity index (χ0n) is 19.2. The quantitative estimate of drug-likeness (QED) is 0.534. The minimum Gasteiger partial charge on any atom is -0.484 e. The van der Waals surface area contributed by atoms with Crippen molar-refractivity contribution in [2.24, 2.45) is 5.10 Å². The van der Waals surface area contributed by atoms with Crippen LogP contribution in [-0.2, 0) is 4.79 Å². The average molecular weight is 452 g/mol. The molecule has 33 heavy (non-hydrogen) atoms. The molecule has 4 rings (SSSR count). The number of benzene rings is 2. The summed E-state index contributed by atoms with van der Waals surface area (Å²) in [5.41, 5.74) is 4.47. The summed E-state index contributed by atoms with van der Waals surface area (Å²) in [5.74, 6) is 1.54. The highest BCUT2D eigenvalue weighted by molar-refractivity contribution is 6.01. The molecule has 1 N–H and O–H groups in total. The Morgan fingerprint density at radius 3 is 2.42 bits per heavy atom. The van der Waals surface area contributed by atoms with Crippen LogP contribution < -0.4 is 19.6 Å². The van der Waals surface area contributed by atoms with Crippen molar-refractivity contribution in [1.29, 1.82) is 0 Å². The molecular weight excluding hydrogens is 422 g/mol. The lowest BCUT2D eigenvalue weighted by Crippen LogP contribution is -2.49. The monoisotopic (exact) mass is 451 g/mol. The Hall–Kier alpha value is -3.55. The number of hydrazone groups is 1. The summed E-state index contributed by atoms with van der Waals surface area (Å²) in [6, 6.07) is 12.6. The van der Waals surface area contributed by atoms with E-state index < -0.39 is 0 Å². The topological polar surface area (TPSA) is 89.5 Å². The molecule has 0 aromatic heterocycles. The standard InChI is InChI=1S/C25H29N3O5/c1-16-5-4-6-17(2)28(16)24(29)14-31-21-10-7-19(8-11-21)25(30)27-26-18(3)20-9-12-22-23(13-20)33-15-32-22/h7-13,16-17H,4-6,14-15H2,1-3H3,(H,27,30)/b26-18-. The Bertz CT molecular complexity index is 1040. The Morgan fingerprint density at radius 2 is 1.70 bits per heavy atom. The number of piperidine rings is 1. The van der Waals surface area contributed by atoms with Gasteiger partial charge in [-0.2, -0.15) is 5.10 Å². The van der Waals surface area contributed by atoms with Crippen molar-refractivity contribution in [3.05, 3.63) is 53.6 Å². The van der Waals surface area contributed by atoms with E-state index >= 15 is 0 Å². The van der Waals surface area contributed by atoms with E-state index in [2.05, 4.69) is 24.4 Å². The molecule has 0 radical (unpaired) electrons. The molecule has 2 heterocycles. The molecule has 2 atom stereocenters. The fraction of sp³-hybridized carbons (Fsp3) is 0.400. The smallest absolute Gasteiger partial charge is 0.271 e. The lowest BCUT2D eigenvalue weighted by Gasteiger charge is -2.38. The van der Waals surface area contributed by atoms with Gasteiger partial charge in [0.25, 0.3) is 11.8 Å². The second-order valence-corrected chi connectivity index (χ2v) is 8.45. The summed E-state index contributed by atoms with van der Waals surface area (Å²) in [6.45, 7) is 6.15. The molecule has 8 nitrogen and oxygen atoms in total. The van der Waals surface area contributed by atoms with E-state index in [9.17, 15) is 9.59 Å². The highest BCUT2D eigenvalue weighted by Crippen LogP contribution is 2.32. The first-order valence-corrected chi connectivity index (χ1v) is 11.2. The van der Waals surface area contributed by atoms with Crippen molar-refractivity contribution >= 4 is 17.5 Å². The summed E-state index contributed by atoms with van der Waals surface area (Å²) in [5, 5.41) is 4.18. The van der Waals surface area contributed by atoms with Crippen molar-refractivity contribution in [3.63, 3.8) is 0 Å². The van der Waals surface area contributed by atoms with E-state index in [1.165, 1.54) is 0 Å². The fourth-order valence-electron chi connectivity index (χ4n) is 4.22. The SMILES string of the molecule is C/C(=N/NC(=O)c1ccc(OCC(=O)N2C(C)CCCC2C)cc1)c1ccc2c(c1)OCO2. The summed E-state index contributed by atoms with van der Waals surface area (Å²) in [4.78, 5) is 27.0. The molecule has 2 aromatic rings. The molecule has 0 spiro atoms. The molecule has 0 saturated carbocycles. The van der Waals surface area contributed by atoms with Crippen LogP contribution in [0.2, 0.25) is 0 Å². The molecule has 2 aliphatic rings. The molecule has 1 fully saturated rings. The number of hydrogen-bond acceptors (Lipinski definition) is 6. The largest absolute Gasteiger partial charge is 0.484 e. The van der Waals surface area contributed by atoms with Gasteiger partial charge < -0.3 is 19.1 Å². The molecule has 8 heteroatoms. The van der Waals surface area contributed by atoms with Crippen LogP contribution in [0.1, 0.15) is 56.0 Å². The number of nitrogens with one attached hydrogen (secondary N) is 1. The van der Waals surface area contributed by atoms with Crippen molar-refractivity contribution in [2.45, 2.75) is 52.1 Å². The van der Waals surface area contributed by atoms with Gasteiger partial charge >= 0.3 is 0 Å². The summed E-state index contributed by atoms with van der Waals surface area (Å²) in [7, 11) is 0. The third-order valence-electron chi connectivity index (χ3n) is 6.08. The summed E-state index contributed by atoms with van der Waals surface area (Å²) in [6.07, 6.45) is 3.20. The molecule has 2 amide bonds. The van der Waals surface area contributed by atoms with E-state index in [4.69, 9.17) is 14.2 Å². The van der Waals surface area contributed by atoms with Crippen LogP contribution >= 0.6 is 0 Å². The number of amides is 2. The van der Waals surface area contributed by atoms with E-state index in [-0.39, 0.29) is 37.3 Å². The minimum atomic E-state index is -0.339. The van der Waals surface area contributed by atoms with Crippen molar-refractivity contribution in [3.8, 4) is 17.2 Å². The minimum absolute atomic E-state index is 0.00940. The molecule has 2 unspecified atom stereocenters. The van der Waals surface area contributed by atoms with Gasteiger partial charge in [-0.05, 0) is 82.5 Å². The van der Waals surface area contributed by atoms with Gasteiger partial charge in [0, 0.05) is 23.2 Å². The first kappa shape index (κ1) is 22.6. The van der Waals surface area contributed by atoms with Crippen molar-refractivity contribution in [1.82, 2.24) is 10.3 Å². The van der Waals surface area contributed by atoms with Crippen LogP contribution in [0.4, 0.5) is 0 Å². The highest BCUT2D eigenvalue weighted by Gasteiger charge is 2.29. The van der Waals surface area contributed by atoms with Gasteiger partial charge in [-0.15, -0.1) is 0 Å². The molecule has 1 saturated heterocycles. The Kier molecular flexibility index (Phi) is 6.82. The number of likely N-dealkylation sites (tertiary alicyclic amines) is 1. The zero-order chi connectivity index (χ0) is 23.4. The molecular formula is C25H29N3O5. The van der Waals surface area contributed by atoms with E-state index in [0.717, 1.165) is 24.8 Å². The Balaban J connectivity index is 1.30. The lowest BCUT2D eigenvalue weighted by molar-refractivity contribution is -0.139. The van der Waals surface area contributed by atoms with Gasteiger partial charge in [-0.3, -0.25) is 9.59 Å². The van der Waals surface area contributed by atoms with Gasteiger partial charge in [0.15, 0.2) is 18.1 Å². The first-order chi connectivity index (χ1) is 15.9. The fourth-order valence-corrected chi connectivity index (χ4v) is 4.22. The summed E-state index contributed by atoms with van der Waals surface area (Å²) >= 11 is 0.